The second kappa shape index (κ2) is 7.72. The van der Waals surface area contributed by atoms with E-state index < -0.39 is 0 Å². The highest BCUT2D eigenvalue weighted by molar-refractivity contribution is 5.95. The minimum atomic E-state index is -0.0865. The molecule has 138 valence electrons. The van der Waals surface area contributed by atoms with Crippen molar-refractivity contribution in [3.8, 4) is 0 Å². The van der Waals surface area contributed by atoms with Crippen molar-refractivity contribution in [3.05, 3.63) is 53.2 Å². The fourth-order valence-corrected chi connectivity index (χ4v) is 3.33. The third kappa shape index (κ3) is 3.95. The Labute approximate surface area is 153 Å². The van der Waals surface area contributed by atoms with Crippen LogP contribution in [0.1, 0.15) is 64.9 Å². The minimum Gasteiger partial charge on any atom is -0.459 e. The Morgan fingerprint density at radius 1 is 1.23 bits per heavy atom. The number of furan rings is 1. The van der Waals surface area contributed by atoms with E-state index in [-0.39, 0.29) is 23.8 Å². The van der Waals surface area contributed by atoms with Crippen LogP contribution >= 0.6 is 0 Å². The number of hydrogen-bond donors (Lipinski definition) is 1. The van der Waals surface area contributed by atoms with Crippen molar-refractivity contribution in [1.29, 1.82) is 0 Å². The summed E-state index contributed by atoms with van der Waals surface area (Å²) in [5.41, 5.74) is 2.38. The van der Waals surface area contributed by atoms with Crippen LogP contribution in [0.2, 0.25) is 0 Å². The van der Waals surface area contributed by atoms with E-state index in [0.29, 0.717) is 24.4 Å². The zero-order chi connectivity index (χ0) is 18.7. The lowest BCUT2D eigenvalue weighted by atomic mass is 9.89. The molecule has 2 aromatic rings. The van der Waals surface area contributed by atoms with E-state index in [1.807, 2.05) is 32.9 Å². The van der Waals surface area contributed by atoms with Gasteiger partial charge in [-0.25, -0.2) is 0 Å². The molecule has 2 amide bonds. The van der Waals surface area contributed by atoms with E-state index in [1.54, 1.807) is 17.0 Å². The third-order valence-corrected chi connectivity index (χ3v) is 4.63. The van der Waals surface area contributed by atoms with Crippen molar-refractivity contribution in [3.63, 3.8) is 0 Å². The maximum atomic E-state index is 12.5. The number of amides is 2. The lowest BCUT2D eigenvalue weighted by Gasteiger charge is -2.32. The Bertz CT molecular complexity index is 776. The van der Waals surface area contributed by atoms with Gasteiger partial charge in [0.25, 0.3) is 11.8 Å². The van der Waals surface area contributed by atoms with Crippen LogP contribution in [-0.4, -0.2) is 40.8 Å². The molecular weight excluding hydrogens is 330 g/mol. The summed E-state index contributed by atoms with van der Waals surface area (Å²) in [5.74, 6) is 0.373. The Hall–Kier alpha value is -2.63. The topological polar surface area (TPSA) is 75.4 Å². The van der Waals surface area contributed by atoms with Crippen LogP contribution in [0.3, 0.4) is 0 Å². The van der Waals surface area contributed by atoms with Gasteiger partial charge in [0.15, 0.2) is 5.76 Å². The molecule has 1 N–H and O–H groups in total. The molecule has 1 aliphatic heterocycles. The summed E-state index contributed by atoms with van der Waals surface area (Å²) in [6.07, 6.45) is 3.08. The number of nitrogens with one attached hydrogen (secondary N) is 1. The predicted octanol–water partition coefficient (Wildman–Crippen LogP) is 3.14. The number of hydrogen-bond acceptors (Lipinski definition) is 4. The smallest absolute Gasteiger partial charge is 0.289 e. The molecule has 0 aromatic carbocycles. The average molecular weight is 355 g/mol. The van der Waals surface area contributed by atoms with Crippen molar-refractivity contribution < 1.29 is 14.0 Å². The number of likely N-dealkylation sites (tertiary alicyclic amines) is 1. The molecule has 1 aliphatic rings. The number of carbonyl (C=O) groups excluding carboxylic acids is 2. The lowest BCUT2D eigenvalue weighted by molar-refractivity contribution is 0.0678. The van der Waals surface area contributed by atoms with Gasteiger partial charge in [-0.2, -0.15) is 0 Å². The Kier molecular flexibility index (Phi) is 5.40. The highest BCUT2D eigenvalue weighted by atomic mass is 16.3. The van der Waals surface area contributed by atoms with Gasteiger partial charge in [-0.15, -0.1) is 0 Å². The van der Waals surface area contributed by atoms with Gasteiger partial charge in [-0.3, -0.25) is 14.6 Å². The first kappa shape index (κ1) is 18.2. The van der Waals surface area contributed by atoms with E-state index in [0.717, 1.165) is 24.2 Å². The molecule has 6 heteroatoms. The summed E-state index contributed by atoms with van der Waals surface area (Å²) in [7, 11) is 0. The van der Waals surface area contributed by atoms with Gasteiger partial charge in [0.2, 0.25) is 0 Å². The molecular formula is C20H25N3O3. The molecule has 0 saturated carbocycles. The van der Waals surface area contributed by atoms with E-state index in [2.05, 4.69) is 10.3 Å². The number of aryl methyl sites for hydroxylation is 1. The molecule has 6 nitrogen and oxygen atoms in total. The second-order valence-electron chi connectivity index (χ2n) is 7.06. The summed E-state index contributed by atoms with van der Waals surface area (Å²) in [6, 6.07) is 7.20. The van der Waals surface area contributed by atoms with Crippen molar-refractivity contribution in [2.45, 2.75) is 45.6 Å². The van der Waals surface area contributed by atoms with E-state index in [4.69, 9.17) is 4.42 Å². The number of aromatic nitrogens is 1. The van der Waals surface area contributed by atoms with Crippen LogP contribution in [0.5, 0.6) is 0 Å². The zero-order valence-electron chi connectivity index (χ0n) is 15.5. The van der Waals surface area contributed by atoms with E-state index in [1.165, 1.54) is 6.26 Å². The molecule has 0 bridgehead atoms. The van der Waals surface area contributed by atoms with Gasteiger partial charge >= 0.3 is 0 Å². The molecule has 1 saturated heterocycles. The Balaban J connectivity index is 1.73. The van der Waals surface area contributed by atoms with Crippen LogP contribution in [0, 0.1) is 6.92 Å². The SMILES string of the molecule is Cc1ccc(C(=O)NC(C)C)c(C2CCN(C(=O)c3ccco3)CC2)n1. The third-order valence-electron chi connectivity index (χ3n) is 4.63. The summed E-state index contributed by atoms with van der Waals surface area (Å²) in [4.78, 5) is 31.4. The summed E-state index contributed by atoms with van der Waals surface area (Å²) in [5, 5.41) is 2.95. The first-order valence-electron chi connectivity index (χ1n) is 9.07. The summed E-state index contributed by atoms with van der Waals surface area (Å²) < 4.78 is 5.21. The van der Waals surface area contributed by atoms with Gasteiger partial charge < -0.3 is 14.6 Å². The fourth-order valence-electron chi connectivity index (χ4n) is 3.33. The van der Waals surface area contributed by atoms with Gasteiger partial charge in [-0.05, 0) is 57.9 Å². The van der Waals surface area contributed by atoms with Crippen molar-refractivity contribution in [2.24, 2.45) is 0 Å². The normalized spacial score (nSPS) is 15.3. The molecule has 0 unspecified atom stereocenters. The van der Waals surface area contributed by atoms with Gasteiger partial charge in [-0.1, -0.05) is 0 Å². The van der Waals surface area contributed by atoms with Crippen molar-refractivity contribution in [2.75, 3.05) is 13.1 Å². The first-order chi connectivity index (χ1) is 12.5. The first-order valence-corrected chi connectivity index (χ1v) is 9.07. The number of carbonyl (C=O) groups is 2. The molecule has 0 spiro atoms. The van der Waals surface area contributed by atoms with Gasteiger partial charge in [0, 0.05) is 30.7 Å². The number of piperidine rings is 1. The second-order valence-corrected chi connectivity index (χ2v) is 7.06. The molecule has 0 atom stereocenters. The van der Waals surface area contributed by atoms with E-state index in [9.17, 15) is 9.59 Å². The molecule has 1 fully saturated rings. The highest BCUT2D eigenvalue weighted by Gasteiger charge is 2.29. The monoisotopic (exact) mass is 355 g/mol. The number of rotatable bonds is 4. The highest BCUT2D eigenvalue weighted by Crippen LogP contribution is 2.30. The van der Waals surface area contributed by atoms with E-state index >= 15 is 0 Å². The molecule has 2 aromatic heterocycles. The maximum absolute atomic E-state index is 12.5. The summed E-state index contributed by atoms with van der Waals surface area (Å²) >= 11 is 0. The Morgan fingerprint density at radius 2 is 1.96 bits per heavy atom. The maximum Gasteiger partial charge on any atom is 0.289 e. The minimum absolute atomic E-state index is 0.0735. The Morgan fingerprint density at radius 3 is 2.58 bits per heavy atom. The van der Waals surface area contributed by atoms with Gasteiger partial charge in [0.1, 0.15) is 0 Å². The molecule has 3 heterocycles. The lowest BCUT2D eigenvalue weighted by Crippen LogP contribution is -2.38. The summed E-state index contributed by atoms with van der Waals surface area (Å²) in [6.45, 7) is 7.08. The molecule has 26 heavy (non-hydrogen) atoms. The number of pyridine rings is 1. The average Bonchev–Trinajstić information content (AvgIpc) is 3.15. The molecule has 0 aliphatic carbocycles. The number of nitrogens with zero attached hydrogens (tertiary/aromatic N) is 2. The van der Waals surface area contributed by atoms with Gasteiger partial charge in [0.05, 0.1) is 17.5 Å². The van der Waals surface area contributed by atoms with Crippen LogP contribution in [0.15, 0.2) is 34.9 Å². The quantitative estimate of drug-likeness (QED) is 0.914. The standard InChI is InChI=1S/C20H25N3O3/c1-13(2)21-19(24)16-7-6-14(3)22-18(16)15-8-10-23(11-9-15)20(25)17-5-4-12-26-17/h4-7,12-13,15H,8-11H2,1-3H3,(H,21,24). The molecule has 0 radical (unpaired) electrons. The largest absolute Gasteiger partial charge is 0.459 e. The van der Waals surface area contributed by atoms with Crippen LogP contribution < -0.4 is 5.32 Å². The van der Waals surface area contributed by atoms with Crippen LogP contribution in [0.25, 0.3) is 0 Å². The van der Waals surface area contributed by atoms with Crippen LogP contribution in [0.4, 0.5) is 0 Å². The fraction of sp³-hybridized carbons (Fsp3) is 0.450. The van der Waals surface area contributed by atoms with Crippen molar-refractivity contribution in [1.82, 2.24) is 15.2 Å². The van der Waals surface area contributed by atoms with Crippen molar-refractivity contribution >= 4 is 11.8 Å². The van der Waals surface area contributed by atoms with Crippen LogP contribution in [-0.2, 0) is 0 Å². The molecule has 3 rings (SSSR count). The zero-order valence-corrected chi connectivity index (χ0v) is 15.5. The predicted molar refractivity (Wildman–Crippen MR) is 98.2 cm³/mol.